The number of aliphatic hydroxyl groups excluding tert-OH is 3. The molecule has 5 nitrogen and oxygen atoms in total. The number of ether oxygens (including phenoxy) is 1. The van der Waals surface area contributed by atoms with Crippen molar-refractivity contribution in [1.82, 2.24) is 0 Å². The molecule has 1 aliphatic rings. The van der Waals surface area contributed by atoms with Crippen molar-refractivity contribution in [2.24, 2.45) is 5.92 Å². The summed E-state index contributed by atoms with van der Waals surface area (Å²) in [6.45, 7) is 1.57. The largest absolute Gasteiger partial charge is 0.394 e. The van der Waals surface area contributed by atoms with Gasteiger partial charge in [-0.2, -0.15) is 0 Å². The average molecular weight is 457 g/mol. The molecule has 0 unspecified atom stereocenters. The van der Waals surface area contributed by atoms with E-state index in [-0.39, 0.29) is 5.82 Å². The van der Waals surface area contributed by atoms with E-state index in [1.807, 2.05) is 37.3 Å². The Kier molecular flexibility index (Phi) is 6.83. The Hall–Kier alpha value is -2.42. The second-order valence-corrected chi connectivity index (χ2v) is 9.28. The predicted octanol–water partition coefficient (Wildman–Crippen LogP) is 3.42. The molecule has 32 heavy (non-hydrogen) atoms. The summed E-state index contributed by atoms with van der Waals surface area (Å²) in [4.78, 5) is 13.5. The van der Waals surface area contributed by atoms with Gasteiger partial charge in [-0.15, -0.1) is 11.3 Å². The van der Waals surface area contributed by atoms with Crippen LogP contribution in [0.25, 0.3) is 10.4 Å². The van der Waals surface area contributed by atoms with Crippen LogP contribution in [0.4, 0.5) is 4.39 Å². The lowest BCUT2D eigenvalue weighted by molar-refractivity contribution is -0.206. The summed E-state index contributed by atoms with van der Waals surface area (Å²) in [5.74, 6) is -1.25. The minimum Gasteiger partial charge on any atom is -0.394 e. The summed E-state index contributed by atoms with van der Waals surface area (Å²) < 4.78 is 19.0. The van der Waals surface area contributed by atoms with Crippen molar-refractivity contribution in [2.75, 3.05) is 6.61 Å². The highest BCUT2D eigenvalue weighted by molar-refractivity contribution is 7.15. The molecular formula is C25H25FO5S. The van der Waals surface area contributed by atoms with Crippen LogP contribution in [0.5, 0.6) is 0 Å². The van der Waals surface area contributed by atoms with Crippen molar-refractivity contribution in [3.63, 3.8) is 0 Å². The third-order valence-corrected chi connectivity index (χ3v) is 7.13. The van der Waals surface area contributed by atoms with Crippen LogP contribution < -0.4 is 0 Å². The van der Waals surface area contributed by atoms with Gasteiger partial charge in [0.2, 0.25) is 0 Å². The number of aldehydes is 1. The molecule has 2 aromatic carbocycles. The number of carbonyl (C=O) groups is 1. The second kappa shape index (κ2) is 9.60. The summed E-state index contributed by atoms with van der Waals surface area (Å²) in [7, 11) is 0. The van der Waals surface area contributed by atoms with Crippen molar-refractivity contribution in [1.29, 1.82) is 0 Å². The van der Waals surface area contributed by atoms with Crippen LogP contribution in [0, 0.1) is 18.7 Å². The van der Waals surface area contributed by atoms with E-state index >= 15 is 0 Å². The molecule has 7 heteroatoms. The highest BCUT2D eigenvalue weighted by Gasteiger charge is 2.44. The Morgan fingerprint density at radius 2 is 1.81 bits per heavy atom. The fourth-order valence-corrected chi connectivity index (χ4v) is 5.12. The fourth-order valence-electron chi connectivity index (χ4n) is 4.08. The molecule has 3 N–H and O–H groups in total. The zero-order chi connectivity index (χ0) is 22.8. The van der Waals surface area contributed by atoms with Crippen molar-refractivity contribution in [2.45, 2.75) is 37.8 Å². The van der Waals surface area contributed by atoms with Gasteiger partial charge < -0.3 is 24.9 Å². The zero-order valence-electron chi connectivity index (χ0n) is 17.5. The third-order valence-electron chi connectivity index (χ3n) is 6.00. The molecule has 0 bridgehead atoms. The Morgan fingerprint density at radius 3 is 2.50 bits per heavy atom. The van der Waals surface area contributed by atoms with E-state index in [2.05, 4.69) is 0 Å². The van der Waals surface area contributed by atoms with Gasteiger partial charge in [-0.25, -0.2) is 4.39 Å². The quantitative estimate of drug-likeness (QED) is 0.495. The highest BCUT2D eigenvalue weighted by atomic mass is 32.1. The van der Waals surface area contributed by atoms with Crippen molar-refractivity contribution < 1.29 is 29.2 Å². The Balaban J connectivity index is 1.57. The van der Waals surface area contributed by atoms with E-state index < -0.39 is 36.9 Å². The molecule has 168 valence electrons. The van der Waals surface area contributed by atoms with Crippen LogP contribution in [0.1, 0.15) is 27.7 Å². The minimum atomic E-state index is -1.32. The van der Waals surface area contributed by atoms with E-state index in [1.54, 1.807) is 23.5 Å². The number of hydrogen-bond donors (Lipinski definition) is 3. The average Bonchev–Trinajstić information content (AvgIpc) is 3.26. The van der Waals surface area contributed by atoms with Gasteiger partial charge in [-0.05, 0) is 53.4 Å². The Labute approximate surface area is 189 Å². The Morgan fingerprint density at radius 1 is 1.06 bits per heavy atom. The second-order valence-electron chi connectivity index (χ2n) is 8.11. The molecule has 1 aromatic heterocycles. The van der Waals surface area contributed by atoms with Gasteiger partial charge in [0, 0.05) is 16.2 Å². The standard InChI is InChI=1S/C25H25FO5S/c1-14-2-3-16(25-24(30)23(29)20(12-27)21(13-28)31-25)10-17(14)11-19-8-9-22(32-19)15-4-6-18(26)7-5-15/h2-10,12,20-21,23-25,28-30H,11,13H2,1H3/t20-,21-,23+,24-,25+/m1/s1. The van der Waals surface area contributed by atoms with E-state index in [4.69, 9.17) is 4.74 Å². The molecule has 0 amide bonds. The van der Waals surface area contributed by atoms with Crippen LogP contribution in [0.3, 0.4) is 0 Å². The van der Waals surface area contributed by atoms with Gasteiger partial charge in [0.25, 0.3) is 0 Å². The van der Waals surface area contributed by atoms with Gasteiger partial charge in [0.1, 0.15) is 24.3 Å². The maximum absolute atomic E-state index is 13.2. The lowest BCUT2D eigenvalue weighted by Crippen LogP contribution is -2.52. The first-order valence-corrected chi connectivity index (χ1v) is 11.2. The number of rotatable bonds is 6. The summed E-state index contributed by atoms with van der Waals surface area (Å²) in [5.41, 5.74) is 3.75. The SMILES string of the molecule is Cc1ccc([C@@H]2O[C@H](CO)[C@@H](C=O)[C@H](O)[C@H]2O)cc1Cc1ccc(-c2ccc(F)cc2)s1. The summed E-state index contributed by atoms with van der Waals surface area (Å²) >= 11 is 1.63. The van der Waals surface area contributed by atoms with E-state index in [1.165, 1.54) is 12.1 Å². The maximum Gasteiger partial charge on any atom is 0.128 e. The monoisotopic (exact) mass is 456 g/mol. The van der Waals surface area contributed by atoms with Gasteiger partial charge in [0.15, 0.2) is 0 Å². The molecule has 3 aromatic rings. The minimum absolute atomic E-state index is 0.266. The van der Waals surface area contributed by atoms with Crippen LogP contribution in [-0.4, -0.2) is 46.5 Å². The summed E-state index contributed by atoms with van der Waals surface area (Å²) in [6, 6.07) is 16.2. The van der Waals surface area contributed by atoms with Crippen LogP contribution >= 0.6 is 11.3 Å². The number of thiophene rings is 1. The molecule has 0 aliphatic carbocycles. The molecule has 5 atom stereocenters. The van der Waals surface area contributed by atoms with Gasteiger partial charge in [-0.3, -0.25) is 0 Å². The number of carbonyl (C=O) groups excluding carboxylic acids is 1. The number of aryl methyl sites for hydroxylation is 1. The molecule has 4 rings (SSSR count). The number of halogens is 1. The predicted molar refractivity (Wildman–Crippen MR) is 120 cm³/mol. The maximum atomic E-state index is 13.2. The first-order chi connectivity index (χ1) is 15.4. The summed E-state index contributed by atoms with van der Waals surface area (Å²) in [5, 5.41) is 30.5. The molecule has 0 radical (unpaired) electrons. The van der Waals surface area contributed by atoms with Gasteiger partial charge in [-0.1, -0.05) is 30.3 Å². The number of aliphatic hydroxyl groups is 3. The lowest BCUT2D eigenvalue weighted by Gasteiger charge is -2.40. The van der Waals surface area contributed by atoms with E-state index in [9.17, 15) is 24.5 Å². The van der Waals surface area contributed by atoms with Crippen molar-refractivity contribution >= 4 is 17.6 Å². The van der Waals surface area contributed by atoms with Gasteiger partial charge >= 0.3 is 0 Å². The van der Waals surface area contributed by atoms with Crippen LogP contribution in [-0.2, 0) is 16.0 Å². The number of hydrogen-bond acceptors (Lipinski definition) is 6. The third kappa shape index (κ3) is 4.53. The fraction of sp³-hybridized carbons (Fsp3) is 0.320. The van der Waals surface area contributed by atoms with Gasteiger partial charge in [0.05, 0.1) is 24.7 Å². The first-order valence-electron chi connectivity index (χ1n) is 10.4. The zero-order valence-corrected chi connectivity index (χ0v) is 18.3. The smallest absolute Gasteiger partial charge is 0.128 e. The molecular weight excluding hydrogens is 431 g/mol. The van der Waals surface area contributed by atoms with Crippen LogP contribution in [0.2, 0.25) is 0 Å². The molecule has 2 heterocycles. The highest BCUT2D eigenvalue weighted by Crippen LogP contribution is 2.36. The molecule has 1 saturated heterocycles. The molecule has 1 fully saturated rings. The molecule has 1 aliphatic heterocycles. The number of benzene rings is 2. The topological polar surface area (TPSA) is 87.0 Å². The molecule has 0 spiro atoms. The lowest BCUT2D eigenvalue weighted by atomic mass is 9.85. The first kappa shape index (κ1) is 22.8. The Bertz CT molecular complexity index is 1080. The van der Waals surface area contributed by atoms with E-state index in [0.29, 0.717) is 18.3 Å². The molecule has 0 saturated carbocycles. The normalized spacial score (nSPS) is 25.6. The van der Waals surface area contributed by atoms with Crippen LogP contribution in [0.15, 0.2) is 54.6 Å². The van der Waals surface area contributed by atoms with E-state index in [0.717, 1.165) is 26.4 Å². The van der Waals surface area contributed by atoms with Crippen molar-refractivity contribution in [3.05, 3.63) is 82.0 Å². The van der Waals surface area contributed by atoms with Crippen molar-refractivity contribution in [3.8, 4) is 10.4 Å². The summed E-state index contributed by atoms with van der Waals surface area (Å²) in [6.07, 6.45) is -3.15.